The molecule has 164 valence electrons. The average molecular weight is 404 g/mol. The number of nitrogens with two attached hydrogens (primary N) is 1. The summed E-state index contributed by atoms with van der Waals surface area (Å²) in [7, 11) is 0. The monoisotopic (exact) mass is 403 g/mol. The Morgan fingerprint density at radius 1 is 0.821 bits per heavy atom. The Balaban J connectivity index is 4.23. The van der Waals surface area contributed by atoms with Crippen LogP contribution in [0.5, 0.6) is 0 Å². The van der Waals surface area contributed by atoms with E-state index in [-0.39, 0.29) is 63.7 Å². The van der Waals surface area contributed by atoms with Crippen LogP contribution < -0.4 is 16.4 Å². The molecule has 0 aliphatic heterocycles. The first-order valence-corrected chi connectivity index (χ1v) is 9.81. The first kappa shape index (κ1) is 26.3. The Labute approximate surface area is 168 Å². The summed E-state index contributed by atoms with van der Waals surface area (Å²) in [6.07, 6.45) is 1.23. The van der Waals surface area contributed by atoms with E-state index in [9.17, 15) is 14.4 Å². The van der Waals surface area contributed by atoms with Gasteiger partial charge in [0.15, 0.2) is 0 Å². The number of ether oxygens (including phenoxy) is 3. The zero-order valence-electron chi connectivity index (χ0n) is 17.6. The van der Waals surface area contributed by atoms with E-state index in [0.717, 1.165) is 6.42 Å². The van der Waals surface area contributed by atoms with Crippen LogP contribution in [0.25, 0.3) is 0 Å². The maximum atomic E-state index is 12.0. The van der Waals surface area contributed by atoms with Gasteiger partial charge in [-0.3, -0.25) is 14.4 Å². The van der Waals surface area contributed by atoms with Gasteiger partial charge in [-0.25, -0.2) is 0 Å². The van der Waals surface area contributed by atoms with Crippen LogP contribution in [0.1, 0.15) is 47.0 Å². The van der Waals surface area contributed by atoms with Crippen LogP contribution in [0.2, 0.25) is 0 Å². The number of amides is 3. The van der Waals surface area contributed by atoms with Crippen molar-refractivity contribution in [3.8, 4) is 0 Å². The van der Waals surface area contributed by atoms with Crippen molar-refractivity contribution in [3.05, 3.63) is 0 Å². The fourth-order valence-corrected chi connectivity index (χ4v) is 2.07. The lowest BCUT2D eigenvalue weighted by Crippen LogP contribution is -2.43. The molecule has 0 aliphatic carbocycles. The second-order valence-electron chi connectivity index (χ2n) is 7.34. The average Bonchev–Trinajstić information content (AvgIpc) is 2.58. The van der Waals surface area contributed by atoms with Gasteiger partial charge in [0.2, 0.25) is 17.7 Å². The highest BCUT2D eigenvalue weighted by molar-refractivity contribution is 5.77. The highest BCUT2D eigenvalue weighted by Gasteiger charge is 2.14. The molecule has 9 heteroatoms. The predicted molar refractivity (Wildman–Crippen MR) is 106 cm³/mol. The molecule has 3 amide bonds. The van der Waals surface area contributed by atoms with Gasteiger partial charge in [0, 0.05) is 25.5 Å². The molecule has 0 spiro atoms. The summed E-state index contributed by atoms with van der Waals surface area (Å²) < 4.78 is 16.2. The fourth-order valence-electron chi connectivity index (χ4n) is 2.07. The van der Waals surface area contributed by atoms with Crippen LogP contribution >= 0.6 is 0 Å². The van der Waals surface area contributed by atoms with Gasteiger partial charge in [-0.05, 0) is 26.2 Å². The zero-order chi connectivity index (χ0) is 21.4. The maximum absolute atomic E-state index is 12.0. The Morgan fingerprint density at radius 3 is 1.96 bits per heavy atom. The number of carbonyl (C=O) groups excluding carboxylic acids is 3. The molecule has 0 aromatic heterocycles. The molecule has 0 rings (SSSR count). The lowest BCUT2D eigenvalue weighted by atomic mass is 10.1. The standard InChI is InChI=1S/C19H37N3O6/c1-14(2)5-8-28-13-19(25)22-16(11-26-9-6-17(20)23)12-27-10-7-18(24)21-15(3)4/h14-16H,5-13H2,1-4H3,(H2,20,23)(H,21,24)(H,22,25). The molecule has 0 aliphatic rings. The second kappa shape index (κ2) is 16.3. The SMILES string of the molecule is CC(C)CCOCC(=O)NC(COCCC(N)=O)COCCC(=O)NC(C)C. The molecule has 9 nitrogen and oxygen atoms in total. The summed E-state index contributed by atoms with van der Waals surface area (Å²) in [5, 5.41) is 5.56. The number of primary amides is 1. The van der Waals surface area contributed by atoms with Crippen molar-refractivity contribution in [1.29, 1.82) is 0 Å². The number of carbonyl (C=O) groups is 3. The lowest BCUT2D eigenvalue weighted by Gasteiger charge is -2.19. The summed E-state index contributed by atoms with van der Waals surface area (Å²) in [4.78, 5) is 34.4. The van der Waals surface area contributed by atoms with Gasteiger partial charge in [0.25, 0.3) is 0 Å². The van der Waals surface area contributed by atoms with E-state index in [1.54, 1.807) is 0 Å². The molecule has 0 bridgehead atoms. The van der Waals surface area contributed by atoms with Gasteiger partial charge in [-0.1, -0.05) is 13.8 Å². The predicted octanol–water partition coefficient (Wildman–Crippen LogP) is 0.357. The summed E-state index contributed by atoms with van der Waals surface area (Å²) in [5.41, 5.74) is 5.07. The summed E-state index contributed by atoms with van der Waals surface area (Å²) >= 11 is 0. The Hall–Kier alpha value is -1.71. The van der Waals surface area contributed by atoms with Crippen LogP contribution in [0.4, 0.5) is 0 Å². The molecule has 28 heavy (non-hydrogen) atoms. The van der Waals surface area contributed by atoms with Crippen LogP contribution in [0.15, 0.2) is 0 Å². The molecule has 0 saturated carbocycles. The van der Waals surface area contributed by atoms with E-state index in [2.05, 4.69) is 24.5 Å². The molecule has 0 heterocycles. The molecule has 0 aromatic rings. The highest BCUT2D eigenvalue weighted by Crippen LogP contribution is 1.99. The minimum absolute atomic E-state index is 0.0404. The van der Waals surface area contributed by atoms with Crippen molar-refractivity contribution >= 4 is 17.7 Å². The topological polar surface area (TPSA) is 129 Å². The molecular formula is C19H37N3O6. The van der Waals surface area contributed by atoms with Gasteiger partial charge in [-0.2, -0.15) is 0 Å². The van der Waals surface area contributed by atoms with Gasteiger partial charge >= 0.3 is 0 Å². The molecule has 0 saturated heterocycles. The van der Waals surface area contributed by atoms with Crippen molar-refractivity contribution in [1.82, 2.24) is 10.6 Å². The third-order valence-corrected chi connectivity index (χ3v) is 3.49. The van der Waals surface area contributed by atoms with Crippen molar-refractivity contribution in [2.75, 3.05) is 39.6 Å². The number of nitrogens with one attached hydrogen (secondary N) is 2. The van der Waals surface area contributed by atoms with E-state index in [4.69, 9.17) is 19.9 Å². The summed E-state index contributed by atoms with van der Waals surface area (Å²) in [6.45, 7) is 9.18. The van der Waals surface area contributed by atoms with Crippen LogP contribution in [0, 0.1) is 5.92 Å². The molecule has 0 fully saturated rings. The van der Waals surface area contributed by atoms with E-state index in [1.807, 2.05) is 13.8 Å². The number of hydrogen-bond acceptors (Lipinski definition) is 6. The van der Waals surface area contributed by atoms with Gasteiger partial charge in [-0.15, -0.1) is 0 Å². The van der Waals surface area contributed by atoms with Gasteiger partial charge in [0.1, 0.15) is 6.61 Å². The van der Waals surface area contributed by atoms with E-state index in [1.165, 1.54) is 0 Å². The molecular weight excluding hydrogens is 366 g/mol. The largest absolute Gasteiger partial charge is 0.379 e. The third kappa shape index (κ3) is 17.7. The first-order valence-electron chi connectivity index (χ1n) is 9.81. The van der Waals surface area contributed by atoms with Crippen molar-refractivity contribution in [2.45, 2.75) is 59.0 Å². The van der Waals surface area contributed by atoms with Crippen LogP contribution in [-0.2, 0) is 28.6 Å². The second-order valence-corrected chi connectivity index (χ2v) is 7.34. The molecule has 1 unspecified atom stereocenters. The summed E-state index contributed by atoms with van der Waals surface area (Å²) in [5.74, 6) is -0.303. The number of rotatable bonds is 17. The summed E-state index contributed by atoms with van der Waals surface area (Å²) in [6, 6.07) is -0.337. The van der Waals surface area contributed by atoms with Gasteiger partial charge < -0.3 is 30.6 Å². The minimum Gasteiger partial charge on any atom is -0.379 e. The van der Waals surface area contributed by atoms with E-state index in [0.29, 0.717) is 12.5 Å². The van der Waals surface area contributed by atoms with Crippen molar-refractivity contribution < 1.29 is 28.6 Å². The van der Waals surface area contributed by atoms with E-state index < -0.39 is 11.9 Å². The fraction of sp³-hybridized carbons (Fsp3) is 0.842. The smallest absolute Gasteiger partial charge is 0.246 e. The Morgan fingerprint density at radius 2 is 1.43 bits per heavy atom. The molecule has 4 N–H and O–H groups in total. The Kier molecular flexibility index (Phi) is 15.3. The molecule has 0 aromatic carbocycles. The normalized spacial score (nSPS) is 12.2. The van der Waals surface area contributed by atoms with Crippen LogP contribution in [-0.4, -0.2) is 69.4 Å². The zero-order valence-corrected chi connectivity index (χ0v) is 17.6. The van der Waals surface area contributed by atoms with Crippen molar-refractivity contribution in [2.24, 2.45) is 11.7 Å². The van der Waals surface area contributed by atoms with Crippen LogP contribution in [0.3, 0.4) is 0 Å². The van der Waals surface area contributed by atoms with E-state index >= 15 is 0 Å². The quantitative estimate of drug-likeness (QED) is 0.301. The lowest BCUT2D eigenvalue weighted by molar-refractivity contribution is -0.128. The highest BCUT2D eigenvalue weighted by atomic mass is 16.5. The Bertz CT molecular complexity index is 457. The molecule has 1 atom stereocenters. The third-order valence-electron chi connectivity index (χ3n) is 3.49. The maximum Gasteiger partial charge on any atom is 0.246 e. The van der Waals surface area contributed by atoms with Crippen molar-refractivity contribution in [3.63, 3.8) is 0 Å². The first-order chi connectivity index (χ1) is 13.2. The number of hydrogen-bond donors (Lipinski definition) is 3. The minimum atomic E-state index is -0.452. The van der Waals surface area contributed by atoms with Gasteiger partial charge in [0.05, 0.1) is 32.5 Å². The molecule has 0 radical (unpaired) electrons.